The molecule has 0 atom stereocenters. The summed E-state index contributed by atoms with van der Waals surface area (Å²) in [5.74, 6) is 0. The number of hydrogen-bond donors (Lipinski definition) is 1. The topological polar surface area (TPSA) is 27.7 Å². The first kappa shape index (κ1) is 16.3. The van der Waals surface area contributed by atoms with Gasteiger partial charge < -0.3 is 15.0 Å². The molecule has 1 aliphatic heterocycles. The molecule has 4 nitrogen and oxygen atoms in total. The molecule has 118 valence electrons. The van der Waals surface area contributed by atoms with Crippen LogP contribution in [0.1, 0.15) is 13.3 Å². The van der Waals surface area contributed by atoms with Crippen molar-refractivity contribution >= 4 is 5.69 Å². The van der Waals surface area contributed by atoms with Crippen molar-refractivity contribution < 1.29 is 4.74 Å². The molecule has 0 saturated carbocycles. The Morgan fingerprint density at radius 3 is 2.52 bits per heavy atom. The van der Waals surface area contributed by atoms with E-state index in [1.165, 1.54) is 5.69 Å². The van der Waals surface area contributed by atoms with Gasteiger partial charge >= 0.3 is 0 Å². The maximum atomic E-state index is 5.33. The Bertz CT molecular complexity index is 364. The molecule has 1 N–H and O–H groups in total. The predicted molar refractivity (Wildman–Crippen MR) is 89.1 cm³/mol. The summed E-state index contributed by atoms with van der Waals surface area (Å²) in [5.41, 5.74) is 1.35. The Hall–Kier alpha value is -1.10. The standard InChI is InChI=1S/C17H29N3O/c1-2-21-16-6-9-18-10-11-19-12-14-20(15-13-19)17-7-4-3-5-8-17/h3-5,7-8,18H,2,6,9-16H2,1H3. The number of piperazine rings is 1. The quantitative estimate of drug-likeness (QED) is 0.703. The lowest BCUT2D eigenvalue weighted by molar-refractivity contribution is 0.144. The van der Waals surface area contributed by atoms with Gasteiger partial charge in [0.25, 0.3) is 0 Å². The number of benzene rings is 1. The average molecular weight is 291 g/mol. The van der Waals surface area contributed by atoms with Crippen molar-refractivity contribution in [3.05, 3.63) is 30.3 Å². The first-order chi connectivity index (χ1) is 10.4. The summed E-state index contributed by atoms with van der Waals surface area (Å²) < 4.78 is 5.33. The lowest BCUT2D eigenvalue weighted by atomic mass is 10.2. The molecule has 1 aliphatic rings. The first-order valence-corrected chi connectivity index (χ1v) is 8.21. The minimum Gasteiger partial charge on any atom is -0.382 e. The second kappa shape index (κ2) is 9.77. The number of hydrogen-bond acceptors (Lipinski definition) is 4. The third-order valence-corrected chi connectivity index (χ3v) is 3.94. The van der Waals surface area contributed by atoms with Crippen molar-refractivity contribution in [1.29, 1.82) is 0 Å². The molecule has 0 bridgehead atoms. The highest BCUT2D eigenvalue weighted by Crippen LogP contribution is 2.15. The van der Waals surface area contributed by atoms with Crippen molar-refractivity contribution in [2.45, 2.75) is 13.3 Å². The Morgan fingerprint density at radius 2 is 1.81 bits per heavy atom. The van der Waals surface area contributed by atoms with Gasteiger partial charge in [0.05, 0.1) is 0 Å². The van der Waals surface area contributed by atoms with E-state index in [0.717, 1.165) is 65.4 Å². The fraction of sp³-hybridized carbons (Fsp3) is 0.647. The van der Waals surface area contributed by atoms with Crippen molar-refractivity contribution in [2.75, 3.05) is 63.9 Å². The summed E-state index contributed by atoms with van der Waals surface area (Å²) in [6, 6.07) is 10.7. The van der Waals surface area contributed by atoms with Crippen LogP contribution in [0, 0.1) is 0 Å². The second-order valence-corrected chi connectivity index (χ2v) is 5.46. The molecule has 0 aliphatic carbocycles. The summed E-state index contributed by atoms with van der Waals surface area (Å²) in [5, 5.41) is 3.50. The molecule has 1 saturated heterocycles. The minimum atomic E-state index is 0.825. The molecule has 0 spiro atoms. The zero-order valence-corrected chi connectivity index (χ0v) is 13.3. The van der Waals surface area contributed by atoms with Gasteiger partial charge in [-0.2, -0.15) is 0 Å². The number of anilines is 1. The molecule has 21 heavy (non-hydrogen) atoms. The van der Waals surface area contributed by atoms with Gasteiger partial charge in [0, 0.05) is 58.2 Å². The zero-order chi connectivity index (χ0) is 14.8. The van der Waals surface area contributed by atoms with Gasteiger partial charge in [-0.05, 0) is 32.0 Å². The highest BCUT2D eigenvalue weighted by Gasteiger charge is 2.16. The molecule has 1 aromatic carbocycles. The van der Waals surface area contributed by atoms with Crippen LogP contribution in [0.4, 0.5) is 5.69 Å². The largest absolute Gasteiger partial charge is 0.382 e. The monoisotopic (exact) mass is 291 g/mol. The molecule has 0 amide bonds. The van der Waals surface area contributed by atoms with E-state index in [0.29, 0.717) is 0 Å². The molecule has 2 rings (SSSR count). The molecule has 1 aromatic rings. The summed E-state index contributed by atoms with van der Waals surface area (Å²) in [4.78, 5) is 5.03. The van der Waals surface area contributed by atoms with Gasteiger partial charge in [-0.3, -0.25) is 4.90 Å². The fourth-order valence-electron chi connectivity index (χ4n) is 2.67. The number of para-hydroxylation sites is 1. The maximum absolute atomic E-state index is 5.33. The normalized spacial score (nSPS) is 16.3. The van der Waals surface area contributed by atoms with Crippen molar-refractivity contribution in [2.24, 2.45) is 0 Å². The number of nitrogens with zero attached hydrogens (tertiary/aromatic N) is 2. The number of nitrogens with one attached hydrogen (secondary N) is 1. The van der Waals surface area contributed by atoms with Crippen molar-refractivity contribution in [3.63, 3.8) is 0 Å². The van der Waals surface area contributed by atoms with Crippen LogP contribution in [0.2, 0.25) is 0 Å². The molecule has 1 heterocycles. The molecule has 1 fully saturated rings. The third-order valence-electron chi connectivity index (χ3n) is 3.94. The van der Waals surface area contributed by atoms with Crippen LogP contribution in [0.25, 0.3) is 0 Å². The second-order valence-electron chi connectivity index (χ2n) is 5.46. The van der Waals surface area contributed by atoms with Gasteiger partial charge in [-0.25, -0.2) is 0 Å². The minimum absolute atomic E-state index is 0.825. The molecular weight excluding hydrogens is 262 g/mol. The van der Waals surface area contributed by atoms with E-state index in [9.17, 15) is 0 Å². The Kier molecular flexibility index (Phi) is 7.57. The van der Waals surface area contributed by atoms with E-state index in [2.05, 4.69) is 45.4 Å². The predicted octanol–water partition coefficient (Wildman–Crippen LogP) is 1.82. The van der Waals surface area contributed by atoms with Gasteiger partial charge in [-0.1, -0.05) is 18.2 Å². The van der Waals surface area contributed by atoms with E-state index in [1.807, 2.05) is 6.92 Å². The van der Waals surface area contributed by atoms with Crippen LogP contribution in [0.15, 0.2) is 30.3 Å². The first-order valence-electron chi connectivity index (χ1n) is 8.21. The smallest absolute Gasteiger partial charge is 0.0477 e. The van der Waals surface area contributed by atoms with Crippen LogP contribution in [-0.4, -0.2) is 63.9 Å². The highest BCUT2D eigenvalue weighted by atomic mass is 16.5. The average Bonchev–Trinajstić information content (AvgIpc) is 2.55. The fourth-order valence-corrected chi connectivity index (χ4v) is 2.67. The summed E-state index contributed by atoms with van der Waals surface area (Å²) in [6.07, 6.45) is 1.11. The third kappa shape index (κ3) is 6.04. The van der Waals surface area contributed by atoms with E-state index in [1.54, 1.807) is 0 Å². The van der Waals surface area contributed by atoms with Crippen LogP contribution < -0.4 is 10.2 Å². The van der Waals surface area contributed by atoms with Gasteiger partial charge in [0.1, 0.15) is 0 Å². The highest BCUT2D eigenvalue weighted by molar-refractivity contribution is 5.46. The van der Waals surface area contributed by atoms with Crippen LogP contribution >= 0.6 is 0 Å². The summed E-state index contributed by atoms with van der Waals surface area (Å²) in [7, 11) is 0. The lowest BCUT2D eigenvalue weighted by Gasteiger charge is -2.36. The Labute approximate surface area is 129 Å². The van der Waals surface area contributed by atoms with Crippen molar-refractivity contribution in [1.82, 2.24) is 10.2 Å². The van der Waals surface area contributed by atoms with E-state index < -0.39 is 0 Å². The van der Waals surface area contributed by atoms with Crippen LogP contribution in [-0.2, 0) is 4.74 Å². The van der Waals surface area contributed by atoms with Crippen LogP contribution in [0.5, 0.6) is 0 Å². The van der Waals surface area contributed by atoms with Gasteiger partial charge in [0.2, 0.25) is 0 Å². The van der Waals surface area contributed by atoms with E-state index in [4.69, 9.17) is 4.74 Å². The van der Waals surface area contributed by atoms with E-state index >= 15 is 0 Å². The molecule has 0 aromatic heterocycles. The zero-order valence-electron chi connectivity index (χ0n) is 13.3. The molecule has 0 unspecified atom stereocenters. The number of rotatable bonds is 9. The SMILES string of the molecule is CCOCCCNCCN1CCN(c2ccccc2)CC1. The van der Waals surface area contributed by atoms with E-state index in [-0.39, 0.29) is 0 Å². The Balaban J connectivity index is 1.53. The maximum Gasteiger partial charge on any atom is 0.0477 e. The summed E-state index contributed by atoms with van der Waals surface area (Å²) >= 11 is 0. The molecule has 4 heteroatoms. The van der Waals surface area contributed by atoms with Crippen molar-refractivity contribution in [3.8, 4) is 0 Å². The molecule has 0 radical (unpaired) electrons. The van der Waals surface area contributed by atoms with Gasteiger partial charge in [-0.15, -0.1) is 0 Å². The Morgan fingerprint density at radius 1 is 1.05 bits per heavy atom. The summed E-state index contributed by atoms with van der Waals surface area (Å²) in [6.45, 7) is 11.6. The molecular formula is C17H29N3O. The van der Waals surface area contributed by atoms with Crippen LogP contribution in [0.3, 0.4) is 0 Å². The van der Waals surface area contributed by atoms with Gasteiger partial charge in [0.15, 0.2) is 0 Å². The number of ether oxygens (including phenoxy) is 1. The lowest BCUT2D eigenvalue weighted by Crippen LogP contribution is -2.48.